The minimum absolute atomic E-state index is 0.0364. The van der Waals surface area contributed by atoms with Crippen LogP contribution in [0.4, 0.5) is 0 Å². The van der Waals surface area contributed by atoms with E-state index in [1.165, 1.54) is 5.56 Å². The van der Waals surface area contributed by atoms with Crippen molar-refractivity contribution in [1.82, 2.24) is 4.90 Å². The van der Waals surface area contributed by atoms with Gasteiger partial charge in [0.15, 0.2) is 0 Å². The number of benzene rings is 1. The summed E-state index contributed by atoms with van der Waals surface area (Å²) >= 11 is 0. The summed E-state index contributed by atoms with van der Waals surface area (Å²) < 4.78 is 0. The van der Waals surface area contributed by atoms with Crippen molar-refractivity contribution < 1.29 is 4.79 Å². The minimum Gasteiger partial charge on any atom is -0.342 e. The van der Waals surface area contributed by atoms with E-state index in [9.17, 15) is 4.79 Å². The topological polar surface area (TPSA) is 46.3 Å². The number of carbonyl (C=O) groups is 1. The zero-order valence-electron chi connectivity index (χ0n) is 13.0. The van der Waals surface area contributed by atoms with Gasteiger partial charge in [0, 0.05) is 19.6 Å². The van der Waals surface area contributed by atoms with E-state index in [1.54, 1.807) is 0 Å². The molecular weight excluding hydrogens is 248 g/mol. The van der Waals surface area contributed by atoms with Crippen LogP contribution in [0.3, 0.4) is 0 Å². The molecule has 0 fully saturated rings. The Morgan fingerprint density at radius 2 is 1.90 bits per heavy atom. The smallest absolute Gasteiger partial charge is 0.226 e. The highest BCUT2D eigenvalue weighted by atomic mass is 16.2. The number of hydrogen-bond acceptors (Lipinski definition) is 2. The second-order valence-corrected chi connectivity index (χ2v) is 5.72. The van der Waals surface area contributed by atoms with E-state index in [2.05, 4.69) is 26.0 Å². The highest BCUT2D eigenvalue weighted by Crippen LogP contribution is 2.14. The third kappa shape index (κ3) is 5.33. The Bertz CT molecular complexity index is 389. The van der Waals surface area contributed by atoms with E-state index >= 15 is 0 Å². The highest BCUT2D eigenvalue weighted by molar-refractivity contribution is 5.79. The molecule has 2 N–H and O–H groups in total. The van der Waals surface area contributed by atoms with E-state index in [-0.39, 0.29) is 11.8 Å². The van der Waals surface area contributed by atoms with Gasteiger partial charge in [-0.05, 0) is 31.2 Å². The fraction of sp³-hybridized carbons (Fsp3) is 0.588. The second kappa shape index (κ2) is 8.75. The van der Waals surface area contributed by atoms with Gasteiger partial charge < -0.3 is 10.6 Å². The first-order valence-electron chi connectivity index (χ1n) is 7.61. The molecule has 3 nitrogen and oxygen atoms in total. The normalized spacial score (nSPS) is 12.4. The number of likely N-dealkylation sites (N-methyl/N-ethyl adjacent to an activating group) is 1. The number of nitrogens with two attached hydrogens (primary N) is 1. The molecule has 0 saturated carbocycles. The van der Waals surface area contributed by atoms with Crippen LogP contribution in [0.5, 0.6) is 0 Å². The molecule has 1 atom stereocenters. The van der Waals surface area contributed by atoms with Gasteiger partial charge in [-0.15, -0.1) is 0 Å². The molecule has 0 aliphatic carbocycles. The second-order valence-electron chi connectivity index (χ2n) is 5.72. The molecule has 0 spiro atoms. The molecule has 1 aromatic rings. The molecule has 0 radical (unpaired) electrons. The van der Waals surface area contributed by atoms with E-state index in [0.29, 0.717) is 12.5 Å². The maximum Gasteiger partial charge on any atom is 0.226 e. The van der Waals surface area contributed by atoms with Crippen molar-refractivity contribution in [3.05, 3.63) is 35.9 Å². The van der Waals surface area contributed by atoms with Crippen LogP contribution < -0.4 is 5.73 Å². The van der Waals surface area contributed by atoms with Crippen LogP contribution in [0.2, 0.25) is 0 Å². The van der Waals surface area contributed by atoms with Gasteiger partial charge in [-0.25, -0.2) is 0 Å². The maximum absolute atomic E-state index is 12.5. The molecule has 0 heterocycles. The summed E-state index contributed by atoms with van der Waals surface area (Å²) in [5.41, 5.74) is 7.04. The van der Waals surface area contributed by atoms with Crippen LogP contribution in [0.1, 0.15) is 32.8 Å². The third-order valence-corrected chi connectivity index (χ3v) is 3.60. The Hall–Kier alpha value is -1.35. The lowest BCUT2D eigenvalue weighted by Gasteiger charge is -2.26. The lowest BCUT2D eigenvalue weighted by Crippen LogP contribution is -2.40. The van der Waals surface area contributed by atoms with Crippen LogP contribution in [0, 0.1) is 11.8 Å². The summed E-state index contributed by atoms with van der Waals surface area (Å²) in [6.07, 6.45) is 1.77. The van der Waals surface area contributed by atoms with E-state index in [4.69, 9.17) is 5.73 Å². The van der Waals surface area contributed by atoms with Crippen molar-refractivity contribution in [3.8, 4) is 0 Å². The Kier molecular flexibility index (Phi) is 7.31. The first-order chi connectivity index (χ1) is 9.58. The molecule has 112 valence electrons. The lowest BCUT2D eigenvalue weighted by atomic mass is 9.95. The minimum atomic E-state index is -0.0364. The first kappa shape index (κ1) is 16.7. The van der Waals surface area contributed by atoms with Crippen molar-refractivity contribution in [2.24, 2.45) is 17.6 Å². The molecule has 0 aliphatic rings. The van der Waals surface area contributed by atoms with Crippen LogP contribution in [-0.4, -0.2) is 30.4 Å². The van der Waals surface area contributed by atoms with E-state index < -0.39 is 0 Å². The zero-order chi connectivity index (χ0) is 15.0. The number of amides is 1. The molecule has 0 saturated heterocycles. The maximum atomic E-state index is 12.5. The Morgan fingerprint density at radius 3 is 2.40 bits per heavy atom. The fourth-order valence-electron chi connectivity index (χ4n) is 2.46. The van der Waals surface area contributed by atoms with Gasteiger partial charge >= 0.3 is 0 Å². The monoisotopic (exact) mass is 276 g/mol. The number of hydrogen-bond donors (Lipinski definition) is 1. The summed E-state index contributed by atoms with van der Waals surface area (Å²) in [4.78, 5) is 14.4. The molecule has 1 amide bonds. The van der Waals surface area contributed by atoms with Crippen molar-refractivity contribution in [3.63, 3.8) is 0 Å². The van der Waals surface area contributed by atoms with Crippen molar-refractivity contribution >= 4 is 5.91 Å². The van der Waals surface area contributed by atoms with Crippen LogP contribution in [0.15, 0.2) is 30.3 Å². The average molecular weight is 276 g/mol. The van der Waals surface area contributed by atoms with E-state index in [1.807, 2.05) is 30.0 Å². The van der Waals surface area contributed by atoms with Gasteiger partial charge in [0.2, 0.25) is 5.91 Å². The lowest BCUT2D eigenvalue weighted by molar-refractivity contribution is -0.135. The molecule has 1 unspecified atom stereocenters. The molecule has 3 heteroatoms. The van der Waals surface area contributed by atoms with Gasteiger partial charge in [-0.1, -0.05) is 44.2 Å². The number of carbonyl (C=O) groups excluding carboxylic acids is 1. The van der Waals surface area contributed by atoms with Crippen molar-refractivity contribution in [2.75, 3.05) is 19.6 Å². The molecule has 20 heavy (non-hydrogen) atoms. The van der Waals surface area contributed by atoms with Crippen molar-refractivity contribution in [2.45, 2.75) is 33.6 Å². The predicted molar refractivity (Wildman–Crippen MR) is 84.4 cm³/mol. The molecule has 1 aromatic carbocycles. The van der Waals surface area contributed by atoms with Gasteiger partial charge in [-0.2, -0.15) is 0 Å². The fourth-order valence-corrected chi connectivity index (χ4v) is 2.46. The standard InChI is InChI=1S/C17H28N2O/c1-4-19(11-10-15-8-6-5-7-9-15)17(20)16(13-18)12-14(2)3/h5-9,14,16H,4,10-13,18H2,1-3H3. The van der Waals surface area contributed by atoms with Crippen LogP contribution in [-0.2, 0) is 11.2 Å². The SMILES string of the molecule is CCN(CCc1ccccc1)C(=O)C(CN)CC(C)C. The van der Waals surface area contributed by atoms with E-state index in [0.717, 1.165) is 25.9 Å². The summed E-state index contributed by atoms with van der Waals surface area (Å²) in [5.74, 6) is 0.672. The average Bonchev–Trinajstić information content (AvgIpc) is 2.46. The largest absolute Gasteiger partial charge is 0.342 e. The molecule has 0 bridgehead atoms. The molecule has 0 aromatic heterocycles. The summed E-state index contributed by atoms with van der Waals surface area (Å²) in [6.45, 7) is 8.27. The Balaban J connectivity index is 2.58. The quantitative estimate of drug-likeness (QED) is 0.793. The zero-order valence-corrected chi connectivity index (χ0v) is 13.0. The first-order valence-corrected chi connectivity index (χ1v) is 7.61. The van der Waals surface area contributed by atoms with Gasteiger partial charge in [0.25, 0.3) is 0 Å². The predicted octanol–water partition coefficient (Wildman–Crippen LogP) is 2.70. The van der Waals surface area contributed by atoms with Gasteiger partial charge in [0.05, 0.1) is 5.92 Å². The number of rotatable bonds is 8. The summed E-state index contributed by atoms with van der Waals surface area (Å²) in [6, 6.07) is 10.3. The highest BCUT2D eigenvalue weighted by Gasteiger charge is 2.22. The van der Waals surface area contributed by atoms with Gasteiger partial charge in [0.1, 0.15) is 0 Å². The molecular formula is C17H28N2O. The Morgan fingerprint density at radius 1 is 1.25 bits per heavy atom. The molecule has 0 aliphatic heterocycles. The van der Waals surface area contributed by atoms with Crippen LogP contribution in [0.25, 0.3) is 0 Å². The van der Waals surface area contributed by atoms with Crippen LogP contribution >= 0.6 is 0 Å². The van der Waals surface area contributed by atoms with Gasteiger partial charge in [-0.3, -0.25) is 4.79 Å². The Labute approximate surface area is 123 Å². The van der Waals surface area contributed by atoms with Crippen molar-refractivity contribution in [1.29, 1.82) is 0 Å². The molecule has 1 rings (SSSR count). The summed E-state index contributed by atoms with van der Waals surface area (Å²) in [7, 11) is 0. The summed E-state index contributed by atoms with van der Waals surface area (Å²) in [5, 5.41) is 0. The third-order valence-electron chi connectivity index (χ3n) is 3.60. The number of nitrogens with zero attached hydrogens (tertiary/aromatic N) is 1.